The van der Waals surface area contributed by atoms with Crippen molar-refractivity contribution in [1.82, 2.24) is 4.90 Å². The van der Waals surface area contributed by atoms with Crippen LogP contribution in [-0.2, 0) is 4.79 Å². The molecule has 1 aliphatic carbocycles. The summed E-state index contributed by atoms with van der Waals surface area (Å²) in [6.07, 6.45) is 3.69. The average Bonchev–Trinajstić information content (AvgIpc) is 2.28. The van der Waals surface area contributed by atoms with E-state index in [2.05, 4.69) is 31.7 Å². The van der Waals surface area contributed by atoms with Gasteiger partial charge in [-0.2, -0.15) is 5.26 Å². The molecule has 0 saturated carbocycles. The molecule has 0 N–H and O–H groups in total. The first-order chi connectivity index (χ1) is 8.43. The Morgan fingerprint density at radius 2 is 1.89 bits per heavy atom. The number of nitrogens with zero attached hydrogens (tertiary/aromatic N) is 2. The zero-order valence-corrected chi connectivity index (χ0v) is 11.6. The Morgan fingerprint density at radius 1 is 1.28 bits per heavy atom. The molecule has 3 nitrogen and oxygen atoms in total. The highest BCUT2D eigenvalue weighted by atomic mass is 16.1. The molecule has 0 atom stereocenters. The lowest BCUT2D eigenvalue weighted by molar-refractivity contribution is -0.118. The monoisotopic (exact) mass is 246 g/mol. The molecule has 2 rings (SSSR count). The van der Waals surface area contributed by atoms with Crippen molar-refractivity contribution >= 4 is 5.78 Å². The summed E-state index contributed by atoms with van der Waals surface area (Å²) in [7, 11) is 0. The third kappa shape index (κ3) is 2.58. The van der Waals surface area contributed by atoms with Gasteiger partial charge in [-0.25, -0.2) is 0 Å². The van der Waals surface area contributed by atoms with Crippen LogP contribution in [-0.4, -0.2) is 23.8 Å². The second-order valence-corrected chi connectivity index (χ2v) is 6.54. The van der Waals surface area contributed by atoms with E-state index in [1.807, 2.05) is 0 Å². The Labute approximate surface area is 109 Å². The Balaban J connectivity index is 2.27. The number of carbonyl (C=O) groups is 1. The van der Waals surface area contributed by atoms with Gasteiger partial charge in [0.15, 0.2) is 5.78 Å². The van der Waals surface area contributed by atoms with Crippen molar-refractivity contribution < 1.29 is 4.79 Å². The molecule has 3 heteroatoms. The molecule has 0 aromatic carbocycles. The second kappa shape index (κ2) is 4.76. The average molecular weight is 246 g/mol. The normalized spacial score (nSPS) is 25.2. The van der Waals surface area contributed by atoms with E-state index in [0.717, 1.165) is 44.0 Å². The van der Waals surface area contributed by atoms with Gasteiger partial charge in [0, 0.05) is 25.2 Å². The highest BCUT2D eigenvalue weighted by molar-refractivity contribution is 6.01. The number of nitriles is 1. The first-order valence-corrected chi connectivity index (χ1v) is 6.84. The molecule has 1 aliphatic heterocycles. The van der Waals surface area contributed by atoms with Gasteiger partial charge in [0.05, 0.1) is 0 Å². The zero-order chi connectivity index (χ0) is 13.3. The van der Waals surface area contributed by atoms with Crippen LogP contribution in [0, 0.1) is 22.7 Å². The number of hydrogen-bond acceptors (Lipinski definition) is 3. The Kier molecular flexibility index (Phi) is 3.47. The predicted molar refractivity (Wildman–Crippen MR) is 70.6 cm³/mol. The van der Waals surface area contributed by atoms with Gasteiger partial charge in [-0.3, -0.25) is 4.79 Å². The maximum absolute atomic E-state index is 12.1. The fourth-order valence-electron chi connectivity index (χ4n) is 2.96. The van der Waals surface area contributed by atoms with Crippen LogP contribution in [0.25, 0.3) is 0 Å². The summed E-state index contributed by atoms with van der Waals surface area (Å²) in [5, 5.41) is 9.23. The summed E-state index contributed by atoms with van der Waals surface area (Å²) in [4.78, 5) is 14.3. The minimum atomic E-state index is -0.00414. The fourth-order valence-corrected chi connectivity index (χ4v) is 2.96. The van der Waals surface area contributed by atoms with Crippen LogP contribution in [0.4, 0.5) is 0 Å². The van der Waals surface area contributed by atoms with E-state index in [1.165, 1.54) is 0 Å². The number of ketones is 1. The summed E-state index contributed by atoms with van der Waals surface area (Å²) in [6, 6.07) is 2.14. The van der Waals surface area contributed by atoms with E-state index in [0.29, 0.717) is 12.0 Å². The molecular weight excluding hydrogens is 224 g/mol. The molecule has 0 spiro atoms. The number of Topliss-reactive ketones (excluding diaryl/α,β-unsaturated/α-hetero) is 1. The number of piperidine rings is 1. The van der Waals surface area contributed by atoms with Crippen LogP contribution in [0.15, 0.2) is 11.3 Å². The molecule has 18 heavy (non-hydrogen) atoms. The summed E-state index contributed by atoms with van der Waals surface area (Å²) in [5.41, 5.74) is 1.42. The Bertz CT molecular complexity index is 420. The zero-order valence-electron chi connectivity index (χ0n) is 11.6. The highest BCUT2D eigenvalue weighted by Gasteiger charge is 2.35. The quantitative estimate of drug-likeness (QED) is 0.714. The SMILES string of the molecule is CC1CCN(C2=C(C#N)C(=O)CC(C)(C)C2)CC1. The van der Waals surface area contributed by atoms with Crippen LogP contribution in [0.2, 0.25) is 0 Å². The van der Waals surface area contributed by atoms with Crippen molar-refractivity contribution in [3.8, 4) is 6.07 Å². The van der Waals surface area contributed by atoms with Crippen LogP contribution >= 0.6 is 0 Å². The van der Waals surface area contributed by atoms with Crippen LogP contribution in [0.3, 0.4) is 0 Å². The van der Waals surface area contributed by atoms with E-state index in [-0.39, 0.29) is 11.2 Å². The minimum absolute atomic E-state index is 0.00414. The molecular formula is C15H22N2O. The van der Waals surface area contributed by atoms with Gasteiger partial charge in [-0.05, 0) is 30.6 Å². The topological polar surface area (TPSA) is 44.1 Å². The molecule has 0 aromatic rings. The van der Waals surface area contributed by atoms with Gasteiger partial charge >= 0.3 is 0 Å². The maximum Gasteiger partial charge on any atom is 0.175 e. The number of rotatable bonds is 1. The lowest BCUT2D eigenvalue weighted by Gasteiger charge is -2.39. The summed E-state index contributed by atoms with van der Waals surface area (Å²) < 4.78 is 0. The summed E-state index contributed by atoms with van der Waals surface area (Å²) in [6.45, 7) is 8.49. The van der Waals surface area contributed by atoms with Gasteiger partial charge in [-0.1, -0.05) is 20.8 Å². The fraction of sp³-hybridized carbons (Fsp3) is 0.733. The van der Waals surface area contributed by atoms with Crippen LogP contribution < -0.4 is 0 Å². The lowest BCUT2D eigenvalue weighted by atomic mass is 9.75. The van der Waals surface area contributed by atoms with E-state index >= 15 is 0 Å². The molecule has 0 aromatic heterocycles. The number of allylic oxidation sites excluding steroid dienone is 2. The van der Waals surface area contributed by atoms with Crippen molar-refractivity contribution in [3.63, 3.8) is 0 Å². The first kappa shape index (κ1) is 13.1. The minimum Gasteiger partial charge on any atom is -0.374 e. The molecule has 98 valence electrons. The molecule has 2 aliphatic rings. The second-order valence-electron chi connectivity index (χ2n) is 6.54. The van der Waals surface area contributed by atoms with Crippen molar-refractivity contribution in [2.75, 3.05) is 13.1 Å². The number of likely N-dealkylation sites (tertiary alicyclic amines) is 1. The van der Waals surface area contributed by atoms with E-state index in [4.69, 9.17) is 0 Å². The van der Waals surface area contributed by atoms with E-state index in [9.17, 15) is 10.1 Å². The third-order valence-corrected chi connectivity index (χ3v) is 4.13. The maximum atomic E-state index is 12.1. The lowest BCUT2D eigenvalue weighted by Crippen LogP contribution is -2.38. The first-order valence-electron chi connectivity index (χ1n) is 6.84. The molecule has 0 bridgehead atoms. The molecule has 1 saturated heterocycles. The van der Waals surface area contributed by atoms with Crippen molar-refractivity contribution in [2.24, 2.45) is 11.3 Å². The number of carbonyl (C=O) groups excluding carboxylic acids is 1. The van der Waals surface area contributed by atoms with Crippen molar-refractivity contribution in [1.29, 1.82) is 5.26 Å². The van der Waals surface area contributed by atoms with Crippen molar-refractivity contribution in [3.05, 3.63) is 11.3 Å². The summed E-state index contributed by atoms with van der Waals surface area (Å²) in [5.74, 6) is 0.794. The van der Waals surface area contributed by atoms with E-state index < -0.39 is 0 Å². The van der Waals surface area contributed by atoms with Gasteiger partial charge in [0.25, 0.3) is 0 Å². The smallest absolute Gasteiger partial charge is 0.175 e. The predicted octanol–water partition coefficient (Wildman–Crippen LogP) is 2.89. The number of hydrogen-bond donors (Lipinski definition) is 0. The van der Waals surface area contributed by atoms with Crippen LogP contribution in [0.5, 0.6) is 0 Å². The van der Waals surface area contributed by atoms with Gasteiger partial charge < -0.3 is 4.90 Å². The highest BCUT2D eigenvalue weighted by Crippen LogP contribution is 2.39. The largest absolute Gasteiger partial charge is 0.374 e. The molecule has 1 heterocycles. The molecule has 0 radical (unpaired) electrons. The Morgan fingerprint density at radius 3 is 2.44 bits per heavy atom. The van der Waals surface area contributed by atoms with Gasteiger partial charge in [-0.15, -0.1) is 0 Å². The molecule has 0 amide bonds. The third-order valence-electron chi connectivity index (χ3n) is 4.13. The Hall–Kier alpha value is -1.30. The standard InChI is InChI=1S/C15H22N2O/c1-11-4-6-17(7-5-11)13-8-15(2,3)9-14(18)12(13)10-16/h11H,4-9H2,1-3H3. The molecule has 0 unspecified atom stereocenters. The van der Waals surface area contributed by atoms with Gasteiger partial charge in [0.2, 0.25) is 0 Å². The van der Waals surface area contributed by atoms with Crippen LogP contribution in [0.1, 0.15) is 46.5 Å². The molecule has 1 fully saturated rings. The van der Waals surface area contributed by atoms with Gasteiger partial charge in [0.1, 0.15) is 11.6 Å². The van der Waals surface area contributed by atoms with Crippen molar-refractivity contribution in [2.45, 2.75) is 46.5 Å². The summed E-state index contributed by atoms with van der Waals surface area (Å²) >= 11 is 0. The van der Waals surface area contributed by atoms with E-state index in [1.54, 1.807) is 0 Å².